The fourth-order valence-corrected chi connectivity index (χ4v) is 2.58. The number of aryl methyl sites for hydroxylation is 1. The molecule has 0 radical (unpaired) electrons. The zero-order valence-corrected chi connectivity index (χ0v) is 16.6. The fraction of sp³-hybridized carbons (Fsp3) is 0.400. The number of nitrogens with one attached hydrogen (secondary N) is 1. The molecule has 0 unspecified atom stereocenters. The van der Waals surface area contributed by atoms with Crippen LogP contribution in [0.15, 0.2) is 36.8 Å². The molecule has 3 rings (SSSR count). The Morgan fingerprint density at radius 3 is 2.71 bits per heavy atom. The highest BCUT2D eigenvalue weighted by Crippen LogP contribution is 2.25. The Morgan fingerprint density at radius 2 is 2.04 bits per heavy atom. The van der Waals surface area contributed by atoms with Crippen LogP contribution in [0, 0.1) is 0 Å². The first-order chi connectivity index (χ1) is 13.6. The Hall–Kier alpha value is -3.16. The molecule has 0 aliphatic rings. The third-order valence-corrected chi connectivity index (χ3v) is 3.92. The van der Waals surface area contributed by atoms with Crippen LogP contribution in [0.5, 0.6) is 11.8 Å². The van der Waals surface area contributed by atoms with E-state index in [1.807, 2.05) is 24.5 Å². The van der Waals surface area contributed by atoms with Crippen molar-refractivity contribution in [2.45, 2.75) is 40.2 Å². The number of nitrogens with zero attached hydrogens (tertiary/aromatic N) is 5. The van der Waals surface area contributed by atoms with E-state index in [1.165, 1.54) is 0 Å². The molecule has 0 amide bonds. The van der Waals surface area contributed by atoms with Gasteiger partial charge >= 0.3 is 0 Å². The average Bonchev–Trinajstić information content (AvgIpc) is 3.09. The summed E-state index contributed by atoms with van der Waals surface area (Å²) in [6, 6.07) is 3.67. The molecule has 0 saturated heterocycles. The lowest BCUT2D eigenvalue weighted by Crippen LogP contribution is -2.06. The lowest BCUT2D eigenvalue weighted by molar-refractivity contribution is 0.327. The number of rotatable bonds is 10. The molecule has 3 aromatic heterocycles. The van der Waals surface area contributed by atoms with Crippen molar-refractivity contribution in [3.63, 3.8) is 0 Å². The first-order valence-electron chi connectivity index (χ1n) is 9.46. The van der Waals surface area contributed by atoms with Crippen LogP contribution in [-0.2, 0) is 6.54 Å². The van der Waals surface area contributed by atoms with Gasteiger partial charge in [0.05, 0.1) is 24.8 Å². The Balaban J connectivity index is 1.92. The number of hydrogen-bond acceptors (Lipinski definition) is 7. The van der Waals surface area contributed by atoms with Gasteiger partial charge in [0.15, 0.2) is 11.2 Å². The minimum atomic E-state index is 0.373. The number of pyridine rings is 1. The molecule has 0 spiro atoms. The molecular formula is C20H26N6O2. The van der Waals surface area contributed by atoms with Crippen molar-refractivity contribution in [3.05, 3.63) is 36.8 Å². The van der Waals surface area contributed by atoms with Crippen molar-refractivity contribution in [1.82, 2.24) is 24.5 Å². The van der Waals surface area contributed by atoms with E-state index < -0.39 is 0 Å². The Labute approximate surface area is 164 Å². The van der Waals surface area contributed by atoms with Crippen LogP contribution in [-0.4, -0.2) is 37.7 Å². The van der Waals surface area contributed by atoms with Crippen LogP contribution >= 0.6 is 0 Å². The molecular weight excluding hydrogens is 356 g/mol. The molecule has 0 atom stereocenters. The van der Waals surface area contributed by atoms with Crippen molar-refractivity contribution < 1.29 is 9.47 Å². The summed E-state index contributed by atoms with van der Waals surface area (Å²) in [5, 5.41) is 3.18. The molecule has 1 N–H and O–H groups in total. The SMILES string of the molecule is C=C(C)COc1nc(Nc2ccc(OCC)nc2)nc2c1ncn2CCCC. The molecule has 3 heterocycles. The van der Waals surface area contributed by atoms with Gasteiger partial charge in [0, 0.05) is 12.6 Å². The van der Waals surface area contributed by atoms with Crippen molar-refractivity contribution >= 4 is 22.8 Å². The molecule has 0 aromatic carbocycles. The van der Waals surface area contributed by atoms with Crippen LogP contribution in [0.25, 0.3) is 11.2 Å². The van der Waals surface area contributed by atoms with E-state index in [0.717, 1.165) is 36.3 Å². The molecule has 28 heavy (non-hydrogen) atoms. The molecule has 148 valence electrons. The third-order valence-electron chi connectivity index (χ3n) is 3.92. The largest absolute Gasteiger partial charge is 0.478 e. The van der Waals surface area contributed by atoms with E-state index in [9.17, 15) is 0 Å². The summed E-state index contributed by atoms with van der Waals surface area (Å²) in [6.07, 6.45) is 5.60. The van der Waals surface area contributed by atoms with E-state index >= 15 is 0 Å². The Morgan fingerprint density at radius 1 is 1.18 bits per heavy atom. The normalized spacial score (nSPS) is 10.8. The first kappa shape index (κ1) is 19.6. The zero-order valence-electron chi connectivity index (χ0n) is 16.6. The average molecular weight is 382 g/mol. The predicted molar refractivity (Wildman–Crippen MR) is 109 cm³/mol. The van der Waals surface area contributed by atoms with Gasteiger partial charge in [-0.2, -0.15) is 9.97 Å². The van der Waals surface area contributed by atoms with Crippen molar-refractivity contribution in [2.24, 2.45) is 0 Å². The number of unbranched alkanes of at least 4 members (excludes halogenated alkanes) is 1. The monoisotopic (exact) mass is 382 g/mol. The maximum Gasteiger partial charge on any atom is 0.247 e. The van der Waals surface area contributed by atoms with Gasteiger partial charge in [-0.05, 0) is 31.9 Å². The standard InChI is InChI=1S/C20H26N6O2/c1-5-7-10-26-13-22-17-18(26)24-20(25-19(17)28-12-14(3)4)23-15-8-9-16(21-11-15)27-6-2/h8-9,11,13H,3,5-7,10,12H2,1-2,4H3,(H,23,24,25). The summed E-state index contributed by atoms with van der Waals surface area (Å²) in [5.41, 5.74) is 3.05. The lowest BCUT2D eigenvalue weighted by Gasteiger charge is -2.10. The van der Waals surface area contributed by atoms with Crippen LogP contribution in [0.2, 0.25) is 0 Å². The summed E-state index contributed by atoms with van der Waals surface area (Å²) in [4.78, 5) is 17.9. The Bertz CT molecular complexity index is 936. The quantitative estimate of drug-likeness (QED) is 0.528. The van der Waals surface area contributed by atoms with Crippen LogP contribution in [0.1, 0.15) is 33.6 Å². The highest BCUT2D eigenvalue weighted by molar-refractivity contribution is 5.78. The number of ether oxygens (including phenoxy) is 2. The summed E-state index contributed by atoms with van der Waals surface area (Å²) >= 11 is 0. The molecule has 0 bridgehead atoms. The van der Waals surface area contributed by atoms with Gasteiger partial charge in [0.2, 0.25) is 17.7 Å². The summed E-state index contributed by atoms with van der Waals surface area (Å²) in [5.74, 6) is 1.44. The van der Waals surface area contributed by atoms with Crippen LogP contribution < -0.4 is 14.8 Å². The number of aromatic nitrogens is 5. The maximum atomic E-state index is 5.83. The highest BCUT2D eigenvalue weighted by Gasteiger charge is 2.15. The van der Waals surface area contributed by atoms with Gasteiger partial charge in [0.25, 0.3) is 0 Å². The summed E-state index contributed by atoms with van der Waals surface area (Å²) in [6.45, 7) is 11.6. The van der Waals surface area contributed by atoms with Crippen LogP contribution in [0.4, 0.5) is 11.6 Å². The predicted octanol–water partition coefficient (Wildman–Crippen LogP) is 4.12. The summed E-state index contributed by atoms with van der Waals surface area (Å²) < 4.78 is 13.2. The maximum absolute atomic E-state index is 5.83. The zero-order chi connectivity index (χ0) is 19.9. The number of imidazole rings is 1. The Kier molecular flexibility index (Phi) is 6.41. The van der Waals surface area contributed by atoms with Crippen LogP contribution in [0.3, 0.4) is 0 Å². The van der Waals surface area contributed by atoms with Gasteiger partial charge < -0.3 is 19.4 Å². The molecule has 0 fully saturated rings. The van der Waals surface area contributed by atoms with Crippen molar-refractivity contribution in [2.75, 3.05) is 18.5 Å². The van der Waals surface area contributed by atoms with Gasteiger partial charge in [0.1, 0.15) is 6.61 Å². The van der Waals surface area contributed by atoms with E-state index in [1.54, 1.807) is 18.6 Å². The lowest BCUT2D eigenvalue weighted by atomic mass is 10.3. The second-order valence-electron chi connectivity index (χ2n) is 6.51. The number of anilines is 2. The van der Waals surface area contributed by atoms with Crippen molar-refractivity contribution in [1.29, 1.82) is 0 Å². The van der Waals surface area contributed by atoms with Gasteiger partial charge in [-0.25, -0.2) is 9.97 Å². The molecule has 0 saturated carbocycles. The molecule has 8 nitrogen and oxygen atoms in total. The smallest absolute Gasteiger partial charge is 0.247 e. The highest BCUT2D eigenvalue weighted by atomic mass is 16.5. The molecule has 0 aliphatic carbocycles. The number of fused-ring (bicyclic) bond motifs is 1. The third kappa shape index (κ3) is 4.76. The minimum absolute atomic E-state index is 0.373. The molecule has 8 heteroatoms. The minimum Gasteiger partial charge on any atom is -0.478 e. The fourth-order valence-electron chi connectivity index (χ4n) is 2.58. The van der Waals surface area contributed by atoms with E-state index in [-0.39, 0.29) is 0 Å². The van der Waals surface area contributed by atoms with E-state index in [0.29, 0.717) is 36.4 Å². The first-order valence-corrected chi connectivity index (χ1v) is 9.46. The molecule has 3 aromatic rings. The molecule has 0 aliphatic heterocycles. The topological polar surface area (TPSA) is 87.0 Å². The van der Waals surface area contributed by atoms with Crippen molar-refractivity contribution in [3.8, 4) is 11.8 Å². The van der Waals surface area contributed by atoms with Gasteiger partial charge in [-0.15, -0.1) is 0 Å². The summed E-state index contributed by atoms with van der Waals surface area (Å²) in [7, 11) is 0. The van der Waals surface area contributed by atoms with Gasteiger partial charge in [-0.3, -0.25) is 0 Å². The number of hydrogen-bond donors (Lipinski definition) is 1. The second-order valence-corrected chi connectivity index (χ2v) is 6.51. The van der Waals surface area contributed by atoms with Gasteiger partial charge in [-0.1, -0.05) is 19.9 Å². The van der Waals surface area contributed by atoms with E-state index in [2.05, 4.69) is 38.8 Å². The van der Waals surface area contributed by atoms with E-state index in [4.69, 9.17) is 9.47 Å². The second kappa shape index (κ2) is 9.16.